The first-order valence-corrected chi connectivity index (χ1v) is 21.1. The first-order chi connectivity index (χ1) is 30.7. The lowest BCUT2D eigenvalue weighted by Crippen LogP contribution is -1.96. The predicted molar refractivity (Wildman–Crippen MR) is 258 cm³/mol. The van der Waals surface area contributed by atoms with E-state index in [0.717, 1.165) is 45.0 Å². The number of rotatable bonds is 7. The van der Waals surface area contributed by atoms with Crippen LogP contribution in [-0.2, 0) is 0 Å². The van der Waals surface area contributed by atoms with Gasteiger partial charge in [-0.2, -0.15) is 0 Å². The molecule has 0 fully saturated rings. The van der Waals surface area contributed by atoms with E-state index in [4.69, 9.17) is 9.97 Å². The van der Waals surface area contributed by atoms with E-state index in [2.05, 4.69) is 215 Å². The minimum atomic E-state index is 0.713. The van der Waals surface area contributed by atoms with Crippen LogP contribution in [0, 0.1) is 0 Å². The molecule has 0 aliphatic heterocycles. The van der Waals surface area contributed by atoms with Crippen LogP contribution in [0.15, 0.2) is 231 Å². The van der Waals surface area contributed by atoms with Crippen molar-refractivity contribution >= 4 is 43.6 Å². The van der Waals surface area contributed by atoms with Gasteiger partial charge in [-0.3, -0.25) is 0 Å². The smallest absolute Gasteiger partial charge is 0.160 e. The third-order valence-electron chi connectivity index (χ3n) is 12.2. The van der Waals surface area contributed by atoms with Gasteiger partial charge in [0.1, 0.15) is 0 Å². The lowest BCUT2D eigenvalue weighted by molar-refractivity contribution is 1.18. The van der Waals surface area contributed by atoms with Crippen molar-refractivity contribution in [2.45, 2.75) is 0 Å². The maximum Gasteiger partial charge on any atom is 0.160 e. The molecule has 3 heterocycles. The molecule has 0 aliphatic rings. The van der Waals surface area contributed by atoms with Crippen molar-refractivity contribution in [2.75, 3.05) is 0 Å². The van der Waals surface area contributed by atoms with Crippen LogP contribution in [0.2, 0.25) is 0 Å². The summed E-state index contributed by atoms with van der Waals surface area (Å²) in [5.41, 5.74) is 16.6. The Balaban J connectivity index is 0.926. The molecule has 0 spiro atoms. The molecule has 0 radical (unpaired) electrons. The molecule has 0 aliphatic carbocycles. The minimum absolute atomic E-state index is 0.713. The number of hydrogen-bond acceptors (Lipinski definition) is 2. The van der Waals surface area contributed by atoms with Crippen LogP contribution < -0.4 is 0 Å². The fourth-order valence-electron chi connectivity index (χ4n) is 9.24. The number of para-hydroxylation sites is 3. The van der Waals surface area contributed by atoms with Gasteiger partial charge in [-0.05, 0) is 76.9 Å². The van der Waals surface area contributed by atoms with Gasteiger partial charge in [0.25, 0.3) is 0 Å². The van der Waals surface area contributed by atoms with E-state index in [9.17, 15) is 0 Å². The average Bonchev–Trinajstić information content (AvgIpc) is 3.87. The lowest BCUT2D eigenvalue weighted by Gasteiger charge is -2.12. The first kappa shape index (κ1) is 35.6. The summed E-state index contributed by atoms with van der Waals surface area (Å²) in [5.74, 6) is 0.713. The lowest BCUT2D eigenvalue weighted by atomic mass is 9.97. The van der Waals surface area contributed by atoms with Crippen LogP contribution in [0.5, 0.6) is 0 Å². The summed E-state index contributed by atoms with van der Waals surface area (Å²) in [6, 6.07) is 82.1. The zero-order chi connectivity index (χ0) is 41.0. The summed E-state index contributed by atoms with van der Waals surface area (Å²) in [7, 11) is 0. The fraction of sp³-hybridized carbons (Fsp3) is 0. The third kappa shape index (κ3) is 6.00. The molecule has 4 nitrogen and oxygen atoms in total. The molecule has 0 saturated carbocycles. The molecular weight excluding hydrogens is 753 g/mol. The molecule has 290 valence electrons. The van der Waals surface area contributed by atoms with Crippen LogP contribution in [0.3, 0.4) is 0 Å². The Morgan fingerprint density at radius 2 is 0.758 bits per heavy atom. The van der Waals surface area contributed by atoms with E-state index in [1.807, 2.05) is 24.3 Å². The number of nitrogens with zero attached hydrogens (tertiary/aromatic N) is 4. The summed E-state index contributed by atoms with van der Waals surface area (Å²) in [6.07, 6.45) is 0. The highest BCUT2D eigenvalue weighted by molar-refractivity contribution is 6.16. The van der Waals surface area contributed by atoms with Gasteiger partial charge >= 0.3 is 0 Å². The Kier molecular flexibility index (Phi) is 8.46. The Morgan fingerprint density at radius 3 is 1.47 bits per heavy atom. The minimum Gasteiger partial charge on any atom is -0.309 e. The predicted octanol–water partition coefficient (Wildman–Crippen LogP) is 15.0. The SMILES string of the molecule is c1ccc(-c2cc(-c3ccc(-c4cccc5c4c4ccccc4n5-c4ccc(-c5ccc6c7ccccc7n(-c7ccccc7)c6c5)cc4)cc3)nc(-c3ccccc3)n2)cc1. The highest BCUT2D eigenvalue weighted by Crippen LogP contribution is 2.40. The standard InChI is InChI=1S/C58H38N4/c1-4-15-41(16-5-1)51-38-52(60-58(59-51)43-17-6-2-7-18-43)42-29-27-40(28-30-42)47-23-14-26-55-57(47)50-22-11-13-25-54(50)61(55)46-34-31-39(32-35-46)44-33-36-49-48-21-10-12-24-53(48)62(56(49)37-44)45-19-8-3-9-20-45/h1-38H. The van der Waals surface area contributed by atoms with Crippen molar-refractivity contribution < 1.29 is 0 Å². The van der Waals surface area contributed by atoms with Gasteiger partial charge in [0.05, 0.1) is 33.5 Å². The summed E-state index contributed by atoms with van der Waals surface area (Å²) in [6.45, 7) is 0. The molecule has 0 atom stereocenters. The van der Waals surface area contributed by atoms with Gasteiger partial charge < -0.3 is 9.13 Å². The molecule has 62 heavy (non-hydrogen) atoms. The van der Waals surface area contributed by atoms with Crippen LogP contribution in [0.25, 0.3) is 111 Å². The van der Waals surface area contributed by atoms with Crippen molar-refractivity contribution in [1.82, 2.24) is 19.1 Å². The molecule has 0 saturated heterocycles. The van der Waals surface area contributed by atoms with Crippen molar-refractivity contribution in [2.24, 2.45) is 0 Å². The molecule has 0 amide bonds. The topological polar surface area (TPSA) is 35.6 Å². The number of aromatic nitrogens is 4. The van der Waals surface area contributed by atoms with Gasteiger partial charge in [-0.25, -0.2) is 9.97 Å². The first-order valence-electron chi connectivity index (χ1n) is 21.1. The van der Waals surface area contributed by atoms with E-state index in [-0.39, 0.29) is 0 Å². The second kappa shape index (κ2) is 14.7. The van der Waals surface area contributed by atoms with Gasteiger partial charge in [-0.15, -0.1) is 0 Å². The van der Waals surface area contributed by atoms with E-state index in [0.29, 0.717) is 5.82 Å². The van der Waals surface area contributed by atoms with Crippen molar-refractivity contribution in [3.63, 3.8) is 0 Å². The zero-order valence-electron chi connectivity index (χ0n) is 33.7. The summed E-state index contributed by atoms with van der Waals surface area (Å²) in [5, 5.41) is 4.97. The number of fused-ring (bicyclic) bond motifs is 6. The molecule has 12 aromatic rings. The van der Waals surface area contributed by atoms with Crippen LogP contribution in [0.1, 0.15) is 0 Å². The third-order valence-corrected chi connectivity index (χ3v) is 12.2. The maximum absolute atomic E-state index is 5.08. The molecule has 0 N–H and O–H groups in total. The molecule has 4 heteroatoms. The van der Waals surface area contributed by atoms with Gasteiger partial charge in [0, 0.05) is 49.6 Å². The van der Waals surface area contributed by atoms with E-state index < -0.39 is 0 Å². The second-order valence-electron chi connectivity index (χ2n) is 15.8. The van der Waals surface area contributed by atoms with Crippen LogP contribution >= 0.6 is 0 Å². The van der Waals surface area contributed by atoms with Gasteiger partial charge in [0.2, 0.25) is 0 Å². The zero-order valence-corrected chi connectivity index (χ0v) is 33.7. The van der Waals surface area contributed by atoms with Crippen molar-refractivity contribution in [1.29, 1.82) is 0 Å². The van der Waals surface area contributed by atoms with Gasteiger partial charge in [0.15, 0.2) is 5.82 Å². The van der Waals surface area contributed by atoms with Crippen molar-refractivity contribution in [3.05, 3.63) is 231 Å². The van der Waals surface area contributed by atoms with E-state index in [1.54, 1.807) is 0 Å². The molecular formula is C58H38N4. The Morgan fingerprint density at radius 1 is 0.274 bits per heavy atom. The van der Waals surface area contributed by atoms with E-state index >= 15 is 0 Å². The van der Waals surface area contributed by atoms with Gasteiger partial charge in [-0.1, -0.05) is 176 Å². The molecule has 3 aromatic heterocycles. The Hall–Kier alpha value is -8.34. The normalized spacial score (nSPS) is 11.5. The van der Waals surface area contributed by atoms with Crippen molar-refractivity contribution in [3.8, 4) is 67.5 Å². The molecule has 0 unspecified atom stereocenters. The largest absolute Gasteiger partial charge is 0.309 e. The second-order valence-corrected chi connectivity index (χ2v) is 15.8. The Bertz CT molecular complexity index is 3530. The Labute approximate surface area is 359 Å². The number of benzene rings is 9. The quantitative estimate of drug-likeness (QED) is 0.161. The van der Waals surface area contributed by atoms with Crippen LogP contribution in [-0.4, -0.2) is 19.1 Å². The average molecular weight is 791 g/mol. The maximum atomic E-state index is 5.08. The van der Waals surface area contributed by atoms with Crippen LogP contribution in [0.4, 0.5) is 0 Å². The highest BCUT2D eigenvalue weighted by atomic mass is 15.0. The summed E-state index contributed by atoms with van der Waals surface area (Å²) < 4.78 is 4.78. The van der Waals surface area contributed by atoms with E-state index in [1.165, 1.54) is 60.3 Å². The monoisotopic (exact) mass is 790 g/mol. The molecule has 9 aromatic carbocycles. The summed E-state index contributed by atoms with van der Waals surface area (Å²) >= 11 is 0. The number of hydrogen-bond donors (Lipinski definition) is 0. The fourth-order valence-corrected chi connectivity index (χ4v) is 9.24. The summed E-state index contributed by atoms with van der Waals surface area (Å²) in [4.78, 5) is 10.1. The molecule has 0 bridgehead atoms. The molecule has 12 rings (SSSR count). The highest BCUT2D eigenvalue weighted by Gasteiger charge is 2.18.